The number of anilines is 2. The Balaban J connectivity index is 1.45. The van der Waals surface area contributed by atoms with Gasteiger partial charge in [-0.2, -0.15) is 9.97 Å². The van der Waals surface area contributed by atoms with Gasteiger partial charge >= 0.3 is 0 Å². The monoisotopic (exact) mass is 473 g/mol. The summed E-state index contributed by atoms with van der Waals surface area (Å²) in [6.07, 6.45) is 8.32. The number of nitrogens with one attached hydrogen (secondary N) is 2. The van der Waals surface area contributed by atoms with Crippen molar-refractivity contribution in [2.24, 2.45) is 0 Å². The molecular weight excluding hydrogens is 442 g/mol. The van der Waals surface area contributed by atoms with Crippen LogP contribution in [0.5, 0.6) is 5.88 Å². The van der Waals surface area contributed by atoms with Crippen molar-refractivity contribution in [1.29, 1.82) is 0 Å². The van der Waals surface area contributed by atoms with Crippen molar-refractivity contribution in [2.45, 2.75) is 63.3 Å². The van der Waals surface area contributed by atoms with Gasteiger partial charge in [-0.1, -0.05) is 36.6 Å². The Bertz CT molecular complexity index is 932. The molecule has 2 aromatic rings. The normalized spacial score (nSPS) is 20.1. The number of ether oxygens (including phenoxy) is 1. The lowest BCUT2D eigenvalue weighted by Crippen LogP contribution is -2.41. The average Bonchev–Trinajstić information content (AvgIpc) is 3.28. The summed E-state index contributed by atoms with van der Waals surface area (Å²) in [6.45, 7) is 4.00. The summed E-state index contributed by atoms with van der Waals surface area (Å²) < 4.78 is 5.44. The highest BCUT2D eigenvalue weighted by Gasteiger charge is 2.35. The first-order valence-corrected chi connectivity index (χ1v) is 12.3. The van der Waals surface area contributed by atoms with Gasteiger partial charge in [0.05, 0.1) is 7.11 Å². The van der Waals surface area contributed by atoms with E-state index in [1.54, 1.807) is 7.11 Å². The number of nitrogens with zero attached hydrogens (tertiary/aromatic N) is 3. The maximum absolute atomic E-state index is 6.11. The first-order chi connectivity index (χ1) is 15.5. The van der Waals surface area contributed by atoms with Gasteiger partial charge in [0.2, 0.25) is 11.8 Å². The van der Waals surface area contributed by atoms with E-state index in [2.05, 4.69) is 39.6 Å². The van der Waals surface area contributed by atoms with Crippen LogP contribution >= 0.6 is 23.8 Å². The third-order valence-electron chi connectivity index (χ3n) is 6.83. The number of hydrogen-bond acceptors (Lipinski definition) is 5. The molecule has 8 heteroatoms. The molecule has 1 aliphatic carbocycles. The zero-order valence-corrected chi connectivity index (χ0v) is 20.4. The summed E-state index contributed by atoms with van der Waals surface area (Å²) in [5.74, 6) is 1.87. The van der Waals surface area contributed by atoms with Crippen LogP contribution in [0, 0.1) is 0 Å². The SMILES string of the molecule is COc1cc(N2CCCC[C@@H]2C)nc(NC(=S)NCC2(c3ccc(Cl)cc3)CCCC2)n1. The molecule has 4 rings (SSSR count). The number of halogens is 1. The second-order valence-electron chi connectivity index (χ2n) is 8.93. The van der Waals surface area contributed by atoms with E-state index in [9.17, 15) is 0 Å². The van der Waals surface area contributed by atoms with Crippen molar-refractivity contribution in [3.8, 4) is 5.88 Å². The van der Waals surface area contributed by atoms with Crippen LogP contribution in [0.2, 0.25) is 5.02 Å². The average molecular weight is 474 g/mol. The van der Waals surface area contributed by atoms with Crippen LogP contribution < -0.4 is 20.3 Å². The van der Waals surface area contributed by atoms with Gasteiger partial charge in [-0.15, -0.1) is 0 Å². The minimum Gasteiger partial charge on any atom is -0.481 e. The lowest BCUT2D eigenvalue weighted by molar-refractivity contribution is 0.396. The van der Waals surface area contributed by atoms with Gasteiger partial charge in [0.25, 0.3) is 0 Å². The molecular formula is C24H32ClN5OS. The summed E-state index contributed by atoms with van der Waals surface area (Å²) in [4.78, 5) is 11.5. The maximum atomic E-state index is 6.11. The number of aromatic nitrogens is 2. The number of thiocarbonyl (C=S) groups is 1. The molecule has 2 N–H and O–H groups in total. The van der Waals surface area contributed by atoms with Gasteiger partial charge in [0.15, 0.2) is 5.11 Å². The van der Waals surface area contributed by atoms with E-state index in [0.717, 1.165) is 36.8 Å². The Kier molecular flexibility index (Phi) is 7.36. The minimum atomic E-state index is 0.0694. The first-order valence-electron chi connectivity index (χ1n) is 11.5. The van der Waals surface area contributed by atoms with Crippen LogP contribution in [0.15, 0.2) is 30.3 Å². The van der Waals surface area contributed by atoms with Gasteiger partial charge in [-0.25, -0.2) is 0 Å². The lowest BCUT2D eigenvalue weighted by Gasteiger charge is -2.34. The highest BCUT2D eigenvalue weighted by Crippen LogP contribution is 2.41. The second-order valence-corrected chi connectivity index (χ2v) is 9.78. The number of benzene rings is 1. The molecule has 0 bridgehead atoms. The van der Waals surface area contributed by atoms with E-state index in [-0.39, 0.29) is 5.41 Å². The van der Waals surface area contributed by atoms with Crippen molar-refractivity contribution in [2.75, 3.05) is 30.4 Å². The molecule has 1 saturated heterocycles. The van der Waals surface area contributed by atoms with Crippen LogP contribution in [-0.4, -0.2) is 41.3 Å². The largest absolute Gasteiger partial charge is 0.481 e. The van der Waals surface area contributed by atoms with Crippen molar-refractivity contribution in [1.82, 2.24) is 15.3 Å². The second kappa shape index (κ2) is 10.2. The number of rotatable bonds is 6. The summed E-state index contributed by atoms with van der Waals surface area (Å²) in [6, 6.07) is 10.6. The minimum absolute atomic E-state index is 0.0694. The van der Waals surface area contributed by atoms with Gasteiger partial charge < -0.3 is 20.3 Å². The first kappa shape index (κ1) is 23.1. The van der Waals surface area contributed by atoms with E-state index in [1.165, 1.54) is 37.7 Å². The van der Waals surface area contributed by atoms with Crippen LogP contribution in [-0.2, 0) is 5.41 Å². The predicted octanol–water partition coefficient (Wildman–Crippen LogP) is 5.32. The molecule has 0 unspecified atom stereocenters. The van der Waals surface area contributed by atoms with Gasteiger partial charge in [0.1, 0.15) is 5.82 Å². The standard InChI is InChI=1S/C24H32ClN5OS/c1-17-7-3-6-14-30(17)20-15-21(31-2)28-22(27-20)29-23(32)26-16-24(12-4-5-13-24)18-8-10-19(25)11-9-18/h8-11,15,17H,3-7,12-14,16H2,1-2H3,(H2,26,27,28,29,32)/t17-/m0/s1. The van der Waals surface area contributed by atoms with E-state index in [1.807, 2.05) is 18.2 Å². The third-order valence-corrected chi connectivity index (χ3v) is 7.32. The molecule has 0 radical (unpaired) electrons. The Morgan fingerprint density at radius 1 is 1.19 bits per heavy atom. The Hall–Kier alpha value is -2.12. The Morgan fingerprint density at radius 2 is 1.94 bits per heavy atom. The number of hydrogen-bond donors (Lipinski definition) is 2. The number of methoxy groups -OCH3 is 1. The molecule has 0 amide bonds. The summed E-state index contributed by atoms with van der Waals surface area (Å²) in [5.41, 5.74) is 1.38. The summed E-state index contributed by atoms with van der Waals surface area (Å²) in [7, 11) is 1.63. The predicted molar refractivity (Wildman–Crippen MR) is 135 cm³/mol. The Morgan fingerprint density at radius 3 is 2.62 bits per heavy atom. The molecule has 1 aromatic heterocycles. The maximum Gasteiger partial charge on any atom is 0.234 e. The van der Waals surface area contributed by atoms with E-state index in [0.29, 0.717) is 23.0 Å². The van der Waals surface area contributed by atoms with E-state index >= 15 is 0 Å². The van der Waals surface area contributed by atoms with Crippen LogP contribution in [0.3, 0.4) is 0 Å². The van der Waals surface area contributed by atoms with Crippen molar-refractivity contribution >= 4 is 40.7 Å². The quantitative estimate of drug-likeness (QED) is 0.551. The highest BCUT2D eigenvalue weighted by molar-refractivity contribution is 7.80. The molecule has 0 spiro atoms. The van der Waals surface area contributed by atoms with Crippen LogP contribution in [0.4, 0.5) is 11.8 Å². The molecule has 1 saturated carbocycles. The highest BCUT2D eigenvalue weighted by atomic mass is 35.5. The molecule has 2 aliphatic rings. The zero-order valence-electron chi connectivity index (χ0n) is 18.9. The van der Waals surface area contributed by atoms with Crippen molar-refractivity contribution in [3.05, 3.63) is 40.9 Å². The van der Waals surface area contributed by atoms with Gasteiger partial charge in [0, 0.05) is 35.6 Å². The lowest BCUT2D eigenvalue weighted by atomic mass is 9.79. The zero-order chi connectivity index (χ0) is 22.6. The van der Waals surface area contributed by atoms with E-state index in [4.69, 9.17) is 33.5 Å². The fraction of sp³-hybridized carbons (Fsp3) is 0.542. The summed E-state index contributed by atoms with van der Waals surface area (Å²) in [5, 5.41) is 7.90. The molecule has 172 valence electrons. The third kappa shape index (κ3) is 5.26. The fourth-order valence-electron chi connectivity index (χ4n) is 4.98. The van der Waals surface area contributed by atoms with Crippen LogP contribution in [0.1, 0.15) is 57.4 Å². The molecule has 32 heavy (non-hydrogen) atoms. The molecule has 6 nitrogen and oxygen atoms in total. The van der Waals surface area contributed by atoms with Crippen molar-refractivity contribution in [3.63, 3.8) is 0 Å². The molecule has 2 heterocycles. The molecule has 1 aliphatic heterocycles. The number of piperidine rings is 1. The fourth-order valence-corrected chi connectivity index (χ4v) is 5.27. The Labute approximate surface area is 201 Å². The topological polar surface area (TPSA) is 62.3 Å². The molecule has 1 aromatic carbocycles. The molecule has 2 fully saturated rings. The van der Waals surface area contributed by atoms with Gasteiger partial charge in [-0.3, -0.25) is 0 Å². The smallest absolute Gasteiger partial charge is 0.234 e. The van der Waals surface area contributed by atoms with Crippen molar-refractivity contribution < 1.29 is 4.74 Å². The van der Waals surface area contributed by atoms with Gasteiger partial charge in [-0.05, 0) is 68.9 Å². The van der Waals surface area contributed by atoms with Crippen LogP contribution in [0.25, 0.3) is 0 Å². The molecule has 1 atom stereocenters. The summed E-state index contributed by atoms with van der Waals surface area (Å²) >= 11 is 11.7. The van der Waals surface area contributed by atoms with E-state index < -0.39 is 0 Å².